The van der Waals surface area contributed by atoms with Crippen molar-refractivity contribution in [2.24, 2.45) is 5.73 Å². The van der Waals surface area contributed by atoms with Gasteiger partial charge in [-0.05, 0) is 42.5 Å². The maximum Gasteiger partial charge on any atom is 0.0316 e. The van der Waals surface area contributed by atoms with E-state index in [1.54, 1.807) is 0 Å². The van der Waals surface area contributed by atoms with Gasteiger partial charge in [-0.3, -0.25) is 4.21 Å². The predicted molar refractivity (Wildman–Crippen MR) is 99.3 cm³/mol. The second-order valence-electron chi connectivity index (χ2n) is 6.50. The van der Waals surface area contributed by atoms with Gasteiger partial charge in [-0.25, -0.2) is 0 Å². The molecule has 0 amide bonds. The summed E-state index contributed by atoms with van der Waals surface area (Å²) in [6.45, 7) is 2.37. The van der Waals surface area contributed by atoms with Gasteiger partial charge in [-0.2, -0.15) is 0 Å². The fraction of sp³-hybridized carbons (Fsp3) is 0.368. The third-order valence-corrected chi connectivity index (χ3v) is 5.53. The van der Waals surface area contributed by atoms with Crippen LogP contribution in [0.25, 0.3) is 0 Å². The Balaban J connectivity index is 2.13. The van der Waals surface area contributed by atoms with Crippen molar-refractivity contribution in [1.82, 2.24) is 0 Å². The molecule has 2 aromatic rings. The van der Waals surface area contributed by atoms with E-state index >= 15 is 0 Å². The van der Waals surface area contributed by atoms with E-state index in [0.717, 1.165) is 17.5 Å². The Morgan fingerprint density at radius 2 is 1.88 bits per heavy atom. The number of anilines is 1. The summed E-state index contributed by atoms with van der Waals surface area (Å²) in [6, 6.07) is 17.5. The monoisotopic (exact) mass is 345 g/mol. The summed E-state index contributed by atoms with van der Waals surface area (Å²) in [6.07, 6.45) is 1.80. The summed E-state index contributed by atoms with van der Waals surface area (Å²) >= 11 is -2.14. The first kappa shape index (κ1) is 18.6. The van der Waals surface area contributed by atoms with Crippen molar-refractivity contribution in [2.45, 2.75) is 36.9 Å². The molecule has 0 aromatic heterocycles. The molecule has 0 aliphatic rings. The molecule has 3 atom stereocenters. The van der Waals surface area contributed by atoms with Gasteiger partial charge < -0.3 is 16.0 Å². The molecular weight excluding hydrogens is 320 g/mol. The van der Waals surface area contributed by atoms with E-state index in [9.17, 15) is 8.76 Å². The summed E-state index contributed by atoms with van der Waals surface area (Å²) in [5.74, 6) is 0. The van der Waals surface area contributed by atoms with Crippen LogP contribution in [0.4, 0.5) is 5.69 Å². The van der Waals surface area contributed by atoms with Gasteiger partial charge in [0.25, 0.3) is 0 Å². The zero-order valence-electron chi connectivity index (χ0n) is 14.0. The molecule has 0 saturated carbocycles. The molecule has 0 fully saturated rings. The lowest BCUT2D eigenvalue weighted by Gasteiger charge is -2.34. The highest BCUT2D eigenvalue weighted by Gasteiger charge is 2.29. The second kappa shape index (κ2) is 8.42. The molecule has 3 unspecified atom stereocenters. The maximum absolute atomic E-state index is 11.7. The minimum absolute atomic E-state index is 0.371. The van der Waals surface area contributed by atoms with Crippen LogP contribution >= 0.6 is 0 Å². The summed E-state index contributed by atoms with van der Waals surface area (Å²) in [5.41, 5.74) is 14.3. The average Bonchev–Trinajstić information content (AvgIpc) is 2.59. The molecule has 0 aliphatic carbocycles. The van der Waals surface area contributed by atoms with Crippen LogP contribution in [-0.2, 0) is 22.9 Å². The molecule has 130 valence electrons. The first-order valence-corrected chi connectivity index (χ1v) is 9.26. The number of rotatable bonds is 8. The van der Waals surface area contributed by atoms with Crippen LogP contribution in [0.5, 0.6) is 0 Å². The van der Waals surface area contributed by atoms with Crippen molar-refractivity contribution in [3.8, 4) is 0 Å². The topological polar surface area (TPSA) is 92.2 Å². The molecule has 0 saturated heterocycles. The van der Waals surface area contributed by atoms with Gasteiger partial charge in [0.05, 0.1) is 0 Å². The van der Waals surface area contributed by atoms with Crippen molar-refractivity contribution in [2.75, 3.05) is 12.3 Å². The SMILES string of the molecule is CC(CN)(CC(CCc1ccccc1)S(=O)[O-])c1cccc(N)c1. The summed E-state index contributed by atoms with van der Waals surface area (Å²) in [5, 5.41) is -0.444. The van der Waals surface area contributed by atoms with Gasteiger partial charge in [0.2, 0.25) is 0 Å². The number of nitrogen functional groups attached to an aromatic ring is 1. The molecule has 0 heterocycles. The van der Waals surface area contributed by atoms with Crippen LogP contribution in [0.1, 0.15) is 30.9 Å². The number of hydrogen-bond donors (Lipinski definition) is 2. The Morgan fingerprint density at radius 1 is 1.17 bits per heavy atom. The Labute approximate surface area is 146 Å². The Morgan fingerprint density at radius 3 is 2.46 bits per heavy atom. The van der Waals surface area contributed by atoms with Gasteiger partial charge in [-0.15, -0.1) is 0 Å². The van der Waals surface area contributed by atoms with E-state index in [1.807, 2.05) is 61.5 Å². The van der Waals surface area contributed by atoms with E-state index in [1.165, 1.54) is 0 Å². The molecule has 0 bridgehead atoms. The van der Waals surface area contributed by atoms with Crippen molar-refractivity contribution < 1.29 is 8.76 Å². The number of nitrogens with two attached hydrogens (primary N) is 2. The molecule has 0 aliphatic heterocycles. The van der Waals surface area contributed by atoms with Crippen LogP contribution in [0, 0.1) is 0 Å². The maximum atomic E-state index is 11.7. The average molecular weight is 345 g/mol. The highest BCUT2D eigenvalue weighted by molar-refractivity contribution is 7.79. The van der Waals surface area contributed by atoms with E-state index in [4.69, 9.17) is 11.5 Å². The Hall–Kier alpha value is -1.69. The molecule has 2 rings (SSSR count). The fourth-order valence-corrected chi connectivity index (χ4v) is 3.79. The lowest BCUT2D eigenvalue weighted by molar-refractivity contribution is 0.410. The standard InChI is InChI=1S/C19H26N2O2S/c1-19(14-20,16-8-5-9-17(21)12-16)13-18(24(22)23)11-10-15-6-3-2-4-7-15/h2-9,12,18H,10-11,13-14,20-21H2,1H3,(H,22,23)/p-1. The molecular formula is C19H25N2O2S-. The fourth-order valence-electron chi connectivity index (χ4n) is 2.97. The number of benzene rings is 2. The largest absolute Gasteiger partial charge is 0.772 e. The summed E-state index contributed by atoms with van der Waals surface area (Å²) < 4.78 is 23.5. The zero-order chi connectivity index (χ0) is 17.6. The molecule has 24 heavy (non-hydrogen) atoms. The van der Waals surface area contributed by atoms with Gasteiger partial charge in [-0.1, -0.05) is 60.5 Å². The van der Waals surface area contributed by atoms with Crippen molar-refractivity contribution in [3.63, 3.8) is 0 Å². The quantitative estimate of drug-likeness (QED) is 0.568. The van der Waals surface area contributed by atoms with Gasteiger partial charge >= 0.3 is 0 Å². The van der Waals surface area contributed by atoms with E-state index in [-0.39, 0.29) is 0 Å². The highest BCUT2D eigenvalue weighted by Crippen LogP contribution is 2.31. The number of aryl methyl sites for hydroxylation is 1. The molecule has 4 N–H and O–H groups in total. The molecule has 2 aromatic carbocycles. The van der Waals surface area contributed by atoms with Crippen molar-refractivity contribution in [1.29, 1.82) is 0 Å². The minimum Gasteiger partial charge on any atom is -0.772 e. The summed E-state index contributed by atoms with van der Waals surface area (Å²) in [7, 11) is 0. The molecule has 0 spiro atoms. The third-order valence-electron chi connectivity index (χ3n) is 4.58. The van der Waals surface area contributed by atoms with E-state index in [0.29, 0.717) is 25.1 Å². The second-order valence-corrected chi connectivity index (χ2v) is 7.69. The predicted octanol–water partition coefficient (Wildman–Crippen LogP) is 2.76. The molecule has 5 heteroatoms. The normalized spacial score (nSPS) is 16.3. The molecule has 4 nitrogen and oxygen atoms in total. The van der Waals surface area contributed by atoms with Crippen molar-refractivity contribution in [3.05, 3.63) is 65.7 Å². The lowest BCUT2D eigenvalue weighted by Crippen LogP contribution is -2.37. The summed E-state index contributed by atoms with van der Waals surface area (Å²) in [4.78, 5) is 0. The first-order valence-electron chi connectivity index (χ1n) is 8.13. The Kier molecular flexibility index (Phi) is 6.54. The third kappa shape index (κ3) is 4.90. The minimum atomic E-state index is -2.14. The van der Waals surface area contributed by atoms with E-state index in [2.05, 4.69) is 0 Å². The Bertz CT molecular complexity index is 678. The van der Waals surface area contributed by atoms with Gasteiger partial charge in [0.15, 0.2) is 0 Å². The van der Waals surface area contributed by atoms with Crippen LogP contribution in [0.3, 0.4) is 0 Å². The molecule has 0 radical (unpaired) electrons. The zero-order valence-corrected chi connectivity index (χ0v) is 14.8. The van der Waals surface area contributed by atoms with Crippen LogP contribution in [0.2, 0.25) is 0 Å². The first-order chi connectivity index (χ1) is 11.4. The van der Waals surface area contributed by atoms with Crippen molar-refractivity contribution >= 4 is 16.8 Å². The van der Waals surface area contributed by atoms with Gasteiger partial charge in [0.1, 0.15) is 0 Å². The van der Waals surface area contributed by atoms with Gasteiger partial charge in [0, 0.05) is 22.9 Å². The van der Waals surface area contributed by atoms with Crippen LogP contribution in [-0.4, -0.2) is 20.6 Å². The highest BCUT2D eigenvalue weighted by atomic mass is 32.2. The van der Waals surface area contributed by atoms with Crippen LogP contribution in [0.15, 0.2) is 54.6 Å². The smallest absolute Gasteiger partial charge is 0.0316 e. The van der Waals surface area contributed by atoms with Crippen LogP contribution < -0.4 is 11.5 Å². The van der Waals surface area contributed by atoms with E-state index < -0.39 is 21.7 Å². The lowest BCUT2D eigenvalue weighted by atomic mass is 9.77. The number of hydrogen-bond acceptors (Lipinski definition) is 4.